The van der Waals surface area contributed by atoms with E-state index in [4.69, 9.17) is 0 Å². The first-order valence-corrected chi connectivity index (χ1v) is 6.03. The molecule has 1 aromatic carbocycles. The van der Waals surface area contributed by atoms with E-state index in [0.717, 1.165) is 0 Å². The Morgan fingerprint density at radius 1 is 1.00 bits per heavy atom. The predicted octanol–water partition coefficient (Wildman–Crippen LogP) is 5.08. The van der Waals surface area contributed by atoms with Crippen LogP contribution >= 0.6 is 0 Å². The van der Waals surface area contributed by atoms with E-state index in [2.05, 4.69) is 59.7 Å². The zero-order valence-corrected chi connectivity index (χ0v) is 17.3. The third-order valence-corrected chi connectivity index (χ3v) is 1.95. The summed E-state index contributed by atoms with van der Waals surface area (Å²) in [6.07, 6.45) is 2.43. The summed E-state index contributed by atoms with van der Waals surface area (Å²) in [5, 5.41) is 0. The second-order valence-electron chi connectivity index (χ2n) is 5.97. The van der Waals surface area contributed by atoms with Crippen molar-refractivity contribution in [1.82, 2.24) is 0 Å². The van der Waals surface area contributed by atoms with Crippen LogP contribution in [0.25, 0.3) is 0 Å². The molecule has 0 amide bonds. The molecule has 3 radical (unpaired) electrons. The quantitative estimate of drug-likeness (QED) is 0.637. The fourth-order valence-corrected chi connectivity index (χ4v) is 1.11. The third kappa shape index (κ3) is 24.4. The van der Waals surface area contributed by atoms with Crippen molar-refractivity contribution in [3.05, 3.63) is 41.8 Å². The standard InChI is InChI=1S/C12H17.C4H9.3V/c1-12(2,3)10-9-11-7-5-4-6-8-11;1-4(2)3;;;/h5-8H,9-10H2,1-3H3;1-3H3;;;/q2*-1;;;+2. The Morgan fingerprint density at radius 3 is 1.68 bits per heavy atom. The van der Waals surface area contributed by atoms with Crippen LogP contribution in [0.15, 0.2) is 24.3 Å². The minimum absolute atomic E-state index is 0. The molecule has 0 fully saturated rings. The predicted molar refractivity (Wildman–Crippen MR) is 73.3 cm³/mol. The van der Waals surface area contributed by atoms with Gasteiger partial charge in [0.15, 0.2) is 0 Å². The average Bonchev–Trinajstić information content (AvgIpc) is 2.14. The minimum atomic E-state index is 0. The van der Waals surface area contributed by atoms with Gasteiger partial charge in [-0.1, -0.05) is 27.2 Å². The van der Waals surface area contributed by atoms with Gasteiger partial charge in [0, 0.05) is 37.1 Å². The van der Waals surface area contributed by atoms with Gasteiger partial charge in [-0.2, -0.15) is 56.7 Å². The summed E-state index contributed by atoms with van der Waals surface area (Å²) in [4.78, 5) is 0. The van der Waals surface area contributed by atoms with Crippen LogP contribution in [0.1, 0.15) is 53.5 Å². The summed E-state index contributed by atoms with van der Waals surface area (Å²) in [7, 11) is 0. The molecule has 0 spiro atoms. The molecular formula is C16H26V3. The van der Waals surface area contributed by atoms with Crippen molar-refractivity contribution in [2.24, 2.45) is 5.41 Å². The van der Waals surface area contributed by atoms with Crippen LogP contribution in [0.2, 0.25) is 0 Å². The van der Waals surface area contributed by atoms with Gasteiger partial charge in [0.05, 0.1) is 0 Å². The molecule has 0 unspecified atom stereocenters. The van der Waals surface area contributed by atoms with Crippen molar-refractivity contribution in [3.63, 3.8) is 0 Å². The average molecular weight is 371 g/mol. The molecular weight excluding hydrogens is 345 g/mol. The van der Waals surface area contributed by atoms with Crippen LogP contribution in [0, 0.1) is 17.4 Å². The van der Waals surface area contributed by atoms with E-state index in [9.17, 15) is 0 Å². The minimum Gasteiger partial charge on any atom is -0.323 e. The van der Waals surface area contributed by atoms with Crippen LogP contribution in [-0.4, -0.2) is 0 Å². The molecule has 0 aliphatic rings. The van der Waals surface area contributed by atoms with Gasteiger partial charge in [0.25, 0.3) is 0 Å². The second kappa shape index (κ2) is 15.4. The Hall–Kier alpha value is 0.973. The SMILES string of the molecule is CC(C)(C)CCc1cc[c-]cc1.C[C-](C)C.[V+2].[V].[V]. The molecule has 3 heteroatoms. The summed E-state index contributed by atoms with van der Waals surface area (Å²) in [6, 6.07) is 11.3. The van der Waals surface area contributed by atoms with Crippen molar-refractivity contribution < 1.29 is 55.7 Å². The van der Waals surface area contributed by atoms with E-state index in [1.165, 1.54) is 24.3 Å². The van der Waals surface area contributed by atoms with Gasteiger partial charge in [-0.25, -0.2) is 0 Å². The summed E-state index contributed by atoms with van der Waals surface area (Å²) >= 11 is 0. The fraction of sp³-hybridized carbons (Fsp3) is 0.562. The van der Waals surface area contributed by atoms with Gasteiger partial charge in [0.1, 0.15) is 0 Å². The van der Waals surface area contributed by atoms with Crippen molar-refractivity contribution in [2.45, 2.75) is 54.4 Å². The van der Waals surface area contributed by atoms with Gasteiger partial charge in [-0.3, -0.25) is 0 Å². The van der Waals surface area contributed by atoms with Crippen molar-refractivity contribution >= 4 is 0 Å². The molecule has 0 heterocycles. The number of rotatable bonds is 2. The van der Waals surface area contributed by atoms with E-state index in [1.54, 1.807) is 0 Å². The van der Waals surface area contributed by atoms with Crippen LogP contribution in [0.3, 0.4) is 0 Å². The molecule has 0 nitrogen and oxygen atoms in total. The Bertz CT molecular complexity index is 260. The normalized spacial score (nSPS) is 9.21. The molecule has 0 aliphatic carbocycles. The molecule has 1 rings (SSSR count). The molecule has 1 aromatic rings. The van der Waals surface area contributed by atoms with Gasteiger partial charge < -0.3 is 5.92 Å². The first kappa shape index (κ1) is 28.2. The number of hydrogen-bond acceptors (Lipinski definition) is 0. The van der Waals surface area contributed by atoms with Gasteiger partial charge in [-0.05, 0) is 11.8 Å². The molecule has 0 N–H and O–H groups in total. The van der Waals surface area contributed by atoms with Crippen molar-refractivity contribution in [3.8, 4) is 0 Å². The first-order chi connectivity index (χ1) is 7.31. The third-order valence-electron chi connectivity index (χ3n) is 1.95. The van der Waals surface area contributed by atoms with Crippen LogP contribution in [0.5, 0.6) is 0 Å². The number of aryl methyl sites for hydroxylation is 1. The molecule has 0 saturated carbocycles. The summed E-state index contributed by atoms with van der Waals surface area (Å²) in [5.74, 6) is 1.42. The van der Waals surface area contributed by atoms with E-state index in [0.29, 0.717) is 5.41 Å². The Morgan fingerprint density at radius 2 is 1.37 bits per heavy atom. The van der Waals surface area contributed by atoms with E-state index in [-0.39, 0.29) is 55.7 Å². The Kier molecular flexibility index (Phi) is 22.8. The maximum absolute atomic E-state index is 3.03. The van der Waals surface area contributed by atoms with Crippen molar-refractivity contribution in [2.75, 3.05) is 0 Å². The first-order valence-electron chi connectivity index (χ1n) is 6.03. The molecule has 105 valence electrons. The molecule has 19 heavy (non-hydrogen) atoms. The number of benzene rings is 1. The van der Waals surface area contributed by atoms with Crippen molar-refractivity contribution in [1.29, 1.82) is 0 Å². The van der Waals surface area contributed by atoms with Crippen LogP contribution < -0.4 is 0 Å². The van der Waals surface area contributed by atoms with E-state index >= 15 is 0 Å². The Balaban J connectivity index is -0.000000144. The topological polar surface area (TPSA) is 0 Å². The molecule has 0 aromatic heterocycles. The van der Waals surface area contributed by atoms with Gasteiger partial charge in [-0.15, -0.1) is 0 Å². The zero-order valence-electron chi connectivity index (χ0n) is 13.1. The summed E-state index contributed by atoms with van der Waals surface area (Å²) in [5.41, 5.74) is 1.86. The smallest absolute Gasteiger partial charge is 0.323 e. The maximum Gasteiger partial charge on any atom is 2.00 e. The maximum atomic E-state index is 3.03. The molecule has 0 atom stereocenters. The van der Waals surface area contributed by atoms with Gasteiger partial charge >= 0.3 is 18.6 Å². The Labute approximate surface area is 156 Å². The van der Waals surface area contributed by atoms with Crippen LogP contribution in [-0.2, 0) is 62.1 Å². The van der Waals surface area contributed by atoms with E-state index < -0.39 is 0 Å². The van der Waals surface area contributed by atoms with Gasteiger partial charge in [0.2, 0.25) is 0 Å². The van der Waals surface area contributed by atoms with E-state index in [1.807, 2.05) is 12.1 Å². The summed E-state index contributed by atoms with van der Waals surface area (Å²) in [6.45, 7) is 13.1. The molecule has 0 saturated heterocycles. The molecule has 0 aliphatic heterocycles. The molecule has 0 bridgehead atoms. The zero-order chi connectivity index (χ0) is 12.6. The monoisotopic (exact) mass is 371 g/mol. The summed E-state index contributed by atoms with van der Waals surface area (Å²) < 4.78 is 0. The number of hydrogen-bond donors (Lipinski definition) is 0. The van der Waals surface area contributed by atoms with Crippen LogP contribution in [0.4, 0.5) is 0 Å². The second-order valence-corrected chi connectivity index (χ2v) is 5.97. The largest absolute Gasteiger partial charge is 2.00 e. The fourth-order valence-electron chi connectivity index (χ4n) is 1.11.